The van der Waals surface area contributed by atoms with Crippen molar-refractivity contribution < 1.29 is 14.3 Å². The number of nitrogens with zero attached hydrogens (tertiary/aromatic N) is 2. The molecule has 1 aliphatic carbocycles. The summed E-state index contributed by atoms with van der Waals surface area (Å²) in [6.07, 6.45) is 5.89. The zero-order valence-electron chi connectivity index (χ0n) is 16.1. The fraction of sp³-hybridized carbons (Fsp3) is 0.619. The van der Waals surface area contributed by atoms with E-state index in [1.807, 2.05) is 36.1 Å². The highest BCUT2D eigenvalue weighted by atomic mass is 16.5. The van der Waals surface area contributed by atoms with Crippen molar-refractivity contribution in [1.82, 2.24) is 9.80 Å². The third kappa shape index (κ3) is 3.89. The molecular weight excluding hydrogens is 342 g/mol. The average molecular weight is 371 g/mol. The normalized spacial score (nSPS) is 25.6. The Hall–Kier alpha value is -2.24. The number of likely N-dealkylation sites (tertiary alicyclic amines) is 2. The number of hydrogen-bond acceptors (Lipinski definition) is 3. The van der Waals surface area contributed by atoms with Crippen LogP contribution < -0.4 is 10.1 Å². The minimum Gasteiger partial charge on any atom is -0.492 e. The predicted octanol–water partition coefficient (Wildman–Crippen LogP) is 3.48. The molecular formula is C21H29N3O3. The SMILES string of the molecule is CCOc1ccccc1NC(=O)N1CCC[C@]2(CCC(=O)N(C3CC3)C2)C1. The Morgan fingerprint density at radius 3 is 2.85 bits per heavy atom. The number of benzene rings is 1. The zero-order chi connectivity index (χ0) is 18.9. The lowest BCUT2D eigenvalue weighted by atomic mass is 9.73. The fourth-order valence-electron chi connectivity index (χ4n) is 4.52. The van der Waals surface area contributed by atoms with Gasteiger partial charge in [-0.1, -0.05) is 12.1 Å². The van der Waals surface area contributed by atoms with Gasteiger partial charge >= 0.3 is 6.03 Å². The van der Waals surface area contributed by atoms with Crippen LogP contribution in [0, 0.1) is 5.41 Å². The minimum atomic E-state index is -0.0731. The first kappa shape index (κ1) is 18.1. The molecule has 3 aliphatic rings. The van der Waals surface area contributed by atoms with Gasteiger partial charge in [-0.05, 0) is 51.2 Å². The van der Waals surface area contributed by atoms with Crippen molar-refractivity contribution in [2.45, 2.75) is 51.5 Å². The van der Waals surface area contributed by atoms with Gasteiger partial charge in [0.15, 0.2) is 0 Å². The molecule has 0 aromatic heterocycles. The summed E-state index contributed by atoms with van der Waals surface area (Å²) in [5.41, 5.74) is 0.772. The van der Waals surface area contributed by atoms with Gasteiger partial charge in [0.2, 0.25) is 5.91 Å². The minimum absolute atomic E-state index is 0.0610. The van der Waals surface area contributed by atoms with Crippen LogP contribution in [0.15, 0.2) is 24.3 Å². The van der Waals surface area contributed by atoms with Crippen molar-refractivity contribution >= 4 is 17.6 Å². The Morgan fingerprint density at radius 2 is 2.07 bits per heavy atom. The Bertz CT molecular complexity index is 718. The second-order valence-corrected chi connectivity index (χ2v) is 8.14. The molecule has 2 aliphatic heterocycles. The van der Waals surface area contributed by atoms with Crippen LogP contribution in [0.2, 0.25) is 0 Å². The number of ether oxygens (including phenoxy) is 1. The number of nitrogens with one attached hydrogen (secondary N) is 1. The van der Waals surface area contributed by atoms with Gasteiger partial charge < -0.3 is 19.9 Å². The van der Waals surface area contributed by atoms with Gasteiger partial charge in [-0.25, -0.2) is 4.79 Å². The van der Waals surface area contributed by atoms with Gasteiger partial charge in [-0.2, -0.15) is 0 Å². The van der Waals surface area contributed by atoms with E-state index in [0.29, 0.717) is 36.4 Å². The maximum atomic E-state index is 12.9. The Labute approximate surface area is 160 Å². The molecule has 1 N–H and O–H groups in total. The Balaban J connectivity index is 1.43. The lowest BCUT2D eigenvalue weighted by Gasteiger charge is -2.48. The van der Waals surface area contributed by atoms with Crippen LogP contribution >= 0.6 is 0 Å². The summed E-state index contributed by atoms with van der Waals surface area (Å²) in [5, 5.41) is 3.02. The van der Waals surface area contributed by atoms with Crippen molar-refractivity contribution in [2.75, 3.05) is 31.6 Å². The number of anilines is 1. The number of piperidine rings is 2. The lowest BCUT2D eigenvalue weighted by molar-refractivity contribution is -0.139. The van der Waals surface area contributed by atoms with E-state index in [-0.39, 0.29) is 11.4 Å². The molecule has 6 heteroatoms. The van der Waals surface area contributed by atoms with Crippen molar-refractivity contribution in [1.29, 1.82) is 0 Å². The highest BCUT2D eigenvalue weighted by molar-refractivity contribution is 5.91. The number of carbonyl (C=O) groups is 2. The molecule has 0 radical (unpaired) electrons. The van der Waals surface area contributed by atoms with E-state index < -0.39 is 0 Å². The van der Waals surface area contributed by atoms with Crippen molar-refractivity contribution in [3.8, 4) is 5.75 Å². The zero-order valence-corrected chi connectivity index (χ0v) is 16.1. The van der Waals surface area contributed by atoms with Crippen LogP contribution in [0.1, 0.15) is 45.4 Å². The van der Waals surface area contributed by atoms with Crippen molar-refractivity contribution in [3.63, 3.8) is 0 Å². The maximum absolute atomic E-state index is 12.9. The number of carbonyl (C=O) groups excluding carboxylic acids is 2. The maximum Gasteiger partial charge on any atom is 0.321 e. The summed E-state index contributed by atoms with van der Waals surface area (Å²) >= 11 is 0. The third-order valence-corrected chi connectivity index (χ3v) is 6.06. The van der Waals surface area contributed by atoms with Crippen LogP contribution in [-0.2, 0) is 4.79 Å². The summed E-state index contributed by atoms with van der Waals surface area (Å²) in [4.78, 5) is 29.2. The van der Waals surface area contributed by atoms with E-state index >= 15 is 0 Å². The monoisotopic (exact) mass is 371 g/mol. The van der Waals surface area contributed by atoms with Gasteiger partial charge in [0.25, 0.3) is 0 Å². The first-order chi connectivity index (χ1) is 13.1. The van der Waals surface area contributed by atoms with Gasteiger partial charge in [0.05, 0.1) is 12.3 Å². The molecule has 1 atom stereocenters. The second-order valence-electron chi connectivity index (χ2n) is 8.14. The number of amides is 3. The fourth-order valence-corrected chi connectivity index (χ4v) is 4.52. The highest BCUT2D eigenvalue weighted by Crippen LogP contribution is 2.42. The summed E-state index contributed by atoms with van der Waals surface area (Å²) in [6.45, 7) is 4.80. The van der Waals surface area contributed by atoms with Gasteiger partial charge in [-0.15, -0.1) is 0 Å². The molecule has 1 spiro atoms. The molecule has 2 heterocycles. The molecule has 3 amide bonds. The molecule has 146 valence electrons. The van der Waals surface area contributed by atoms with Crippen molar-refractivity contribution in [2.24, 2.45) is 5.41 Å². The molecule has 4 rings (SSSR count). The van der Waals surface area contributed by atoms with Crippen LogP contribution in [0.4, 0.5) is 10.5 Å². The topological polar surface area (TPSA) is 61.9 Å². The van der Waals surface area contributed by atoms with Gasteiger partial charge in [0.1, 0.15) is 5.75 Å². The van der Waals surface area contributed by atoms with E-state index in [4.69, 9.17) is 4.74 Å². The largest absolute Gasteiger partial charge is 0.492 e. The quantitative estimate of drug-likeness (QED) is 0.881. The lowest BCUT2D eigenvalue weighted by Crippen LogP contribution is -2.56. The molecule has 1 saturated carbocycles. The summed E-state index contributed by atoms with van der Waals surface area (Å²) in [5.74, 6) is 0.999. The summed E-state index contributed by atoms with van der Waals surface area (Å²) in [6, 6.07) is 7.93. The summed E-state index contributed by atoms with van der Waals surface area (Å²) in [7, 11) is 0. The molecule has 27 heavy (non-hydrogen) atoms. The van der Waals surface area contributed by atoms with E-state index in [1.54, 1.807) is 0 Å². The van der Waals surface area contributed by atoms with Crippen molar-refractivity contribution in [3.05, 3.63) is 24.3 Å². The van der Waals surface area contributed by atoms with E-state index in [1.165, 1.54) is 0 Å². The first-order valence-corrected chi connectivity index (χ1v) is 10.2. The molecule has 1 aromatic rings. The number of hydrogen-bond donors (Lipinski definition) is 1. The number of rotatable bonds is 4. The predicted molar refractivity (Wildman–Crippen MR) is 104 cm³/mol. The van der Waals surface area contributed by atoms with E-state index in [2.05, 4.69) is 10.2 Å². The molecule has 6 nitrogen and oxygen atoms in total. The van der Waals surface area contributed by atoms with Gasteiger partial charge in [-0.3, -0.25) is 4.79 Å². The molecule has 2 saturated heterocycles. The standard InChI is InChI=1S/C21H29N3O3/c1-2-27-18-7-4-3-6-17(18)22-20(26)23-13-5-11-21(14-23)12-10-19(25)24(15-21)16-8-9-16/h3-4,6-7,16H,2,5,8-15H2,1H3,(H,22,26)/t21-/m0/s1. The van der Waals surface area contributed by atoms with Crippen LogP contribution in [0.5, 0.6) is 5.75 Å². The first-order valence-electron chi connectivity index (χ1n) is 10.2. The van der Waals surface area contributed by atoms with E-state index in [9.17, 15) is 9.59 Å². The summed E-state index contributed by atoms with van der Waals surface area (Å²) < 4.78 is 5.62. The molecule has 3 fully saturated rings. The molecule has 1 aromatic carbocycles. The number of urea groups is 1. The highest BCUT2D eigenvalue weighted by Gasteiger charge is 2.46. The van der Waals surface area contributed by atoms with Crippen LogP contribution in [-0.4, -0.2) is 54.0 Å². The van der Waals surface area contributed by atoms with Crippen LogP contribution in [0.25, 0.3) is 0 Å². The number of para-hydroxylation sites is 2. The third-order valence-electron chi connectivity index (χ3n) is 6.06. The second kappa shape index (κ2) is 7.41. The average Bonchev–Trinajstić information content (AvgIpc) is 3.51. The van der Waals surface area contributed by atoms with Gasteiger partial charge in [0, 0.05) is 37.5 Å². The Morgan fingerprint density at radius 1 is 1.26 bits per heavy atom. The van der Waals surface area contributed by atoms with Crippen LogP contribution in [0.3, 0.4) is 0 Å². The Kier molecular flexibility index (Phi) is 4.98. The molecule has 0 bridgehead atoms. The smallest absolute Gasteiger partial charge is 0.321 e. The van der Waals surface area contributed by atoms with E-state index in [0.717, 1.165) is 51.7 Å². The molecule has 0 unspecified atom stereocenters.